The summed E-state index contributed by atoms with van der Waals surface area (Å²) in [5.41, 5.74) is 4.02. The molecular weight excluding hydrogens is 415 g/mol. The highest BCUT2D eigenvalue weighted by molar-refractivity contribution is 14.1. The van der Waals surface area contributed by atoms with E-state index in [0.717, 1.165) is 31.4 Å². The van der Waals surface area contributed by atoms with Gasteiger partial charge in [-0.2, -0.15) is 0 Å². The Balaban J connectivity index is 2.16. The molecule has 5 heteroatoms. The largest absolute Gasteiger partial charge is 0.462 e. The van der Waals surface area contributed by atoms with Crippen molar-refractivity contribution in [3.8, 4) is 0 Å². The summed E-state index contributed by atoms with van der Waals surface area (Å²) in [5, 5.41) is 4.27. The fraction of sp³-hybridized carbons (Fsp3) is 0.158. The molecule has 0 radical (unpaired) electrons. The van der Waals surface area contributed by atoms with Crippen LogP contribution in [-0.2, 0) is 4.74 Å². The van der Waals surface area contributed by atoms with Crippen molar-refractivity contribution in [3.63, 3.8) is 0 Å². The van der Waals surface area contributed by atoms with Gasteiger partial charge in [-0.15, -0.1) is 0 Å². The van der Waals surface area contributed by atoms with Crippen LogP contribution in [0.1, 0.15) is 22.8 Å². The Morgan fingerprint density at radius 1 is 1.21 bits per heavy atom. The van der Waals surface area contributed by atoms with Crippen molar-refractivity contribution in [2.45, 2.75) is 13.8 Å². The predicted molar refractivity (Wildman–Crippen MR) is 105 cm³/mol. The van der Waals surface area contributed by atoms with E-state index in [9.17, 15) is 4.79 Å². The number of esters is 1. The van der Waals surface area contributed by atoms with E-state index in [-0.39, 0.29) is 5.97 Å². The average Bonchev–Trinajstić information content (AvgIpc) is 2.57. The minimum Gasteiger partial charge on any atom is -0.462 e. The number of pyridine rings is 1. The number of anilines is 2. The Morgan fingerprint density at radius 2 is 1.96 bits per heavy atom. The third kappa shape index (κ3) is 3.51. The van der Waals surface area contributed by atoms with Gasteiger partial charge >= 0.3 is 5.97 Å². The second kappa shape index (κ2) is 7.17. The molecule has 0 bridgehead atoms. The summed E-state index contributed by atoms with van der Waals surface area (Å²) >= 11 is 2.26. The van der Waals surface area contributed by atoms with Gasteiger partial charge in [-0.1, -0.05) is 11.6 Å². The van der Waals surface area contributed by atoms with Crippen LogP contribution in [0.15, 0.2) is 48.7 Å². The van der Waals surface area contributed by atoms with Crippen molar-refractivity contribution in [1.82, 2.24) is 4.98 Å². The SMILES string of the molecule is CCOC(=O)c1cnc2ccc(C)cc2c1Nc1ccc(I)cc1. The van der Waals surface area contributed by atoms with Crippen molar-refractivity contribution in [2.24, 2.45) is 0 Å². The van der Waals surface area contributed by atoms with Crippen LogP contribution < -0.4 is 5.32 Å². The molecule has 0 saturated heterocycles. The summed E-state index contributed by atoms with van der Waals surface area (Å²) in [6.07, 6.45) is 1.57. The lowest BCUT2D eigenvalue weighted by Gasteiger charge is -2.14. The second-order valence-electron chi connectivity index (χ2n) is 5.42. The van der Waals surface area contributed by atoms with Gasteiger partial charge in [0.2, 0.25) is 0 Å². The normalized spacial score (nSPS) is 10.6. The lowest BCUT2D eigenvalue weighted by molar-refractivity contribution is 0.0527. The number of ether oxygens (including phenoxy) is 1. The molecule has 24 heavy (non-hydrogen) atoms. The lowest BCUT2D eigenvalue weighted by atomic mass is 10.1. The number of fused-ring (bicyclic) bond motifs is 1. The van der Waals surface area contributed by atoms with E-state index in [0.29, 0.717) is 12.2 Å². The van der Waals surface area contributed by atoms with E-state index in [1.165, 1.54) is 0 Å². The number of hydrogen-bond acceptors (Lipinski definition) is 4. The molecule has 2 aromatic carbocycles. The van der Waals surface area contributed by atoms with Crippen LogP contribution in [0.25, 0.3) is 10.9 Å². The number of hydrogen-bond donors (Lipinski definition) is 1. The molecule has 0 atom stereocenters. The molecule has 0 amide bonds. The quantitative estimate of drug-likeness (QED) is 0.462. The van der Waals surface area contributed by atoms with E-state index < -0.39 is 0 Å². The fourth-order valence-electron chi connectivity index (χ4n) is 2.48. The minimum absolute atomic E-state index is 0.327. The first-order chi connectivity index (χ1) is 11.6. The first-order valence-electron chi connectivity index (χ1n) is 7.67. The Morgan fingerprint density at radius 3 is 2.67 bits per heavy atom. The predicted octanol–water partition coefficient (Wildman–Crippen LogP) is 5.07. The highest BCUT2D eigenvalue weighted by Gasteiger charge is 2.17. The first-order valence-corrected chi connectivity index (χ1v) is 8.75. The summed E-state index contributed by atoms with van der Waals surface area (Å²) in [6, 6.07) is 14.0. The first kappa shape index (κ1) is 16.7. The summed E-state index contributed by atoms with van der Waals surface area (Å²) in [7, 11) is 0. The maximum absolute atomic E-state index is 12.3. The van der Waals surface area contributed by atoms with Gasteiger partial charge in [-0.25, -0.2) is 4.79 Å². The molecule has 1 aromatic heterocycles. The Kier molecular flexibility index (Phi) is 4.99. The number of halogens is 1. The molecule has 0 aliphatic rings. The van der Waals surface area contributed by atoms with Gasteiger partial charge in [-0.3, -0.25) is 4.98 Å². The zero-order chi connectivity index (χ0) is 17.1. The number of benzene rings is 2. The van der Waals surface area contributed by atoms with E-state index in [1.54, 1.807) is 13.1 Å². The number of nitrogens with zero attached hydrogens (tertiary/aromatic N) is 1. The van der Waals surface area contributed by atoms with E-state index in [2.05, 4.69) is 32.9 Å². The molecule has 1 N–H and O–H groups in total. The van der Waals surface area contributed by atoms with Crippen molar-refractivity contribution < 1.29 is 9.53 Å². The maximum atomic E-state index is 12.3. The van der Waals surface area contributed by atoms with Crippen molar-refractivity contribution in [3.05, 3.63) is 63.4 Å². The fourth-order valence-corrected chi connectivity index (χ4v) is 2.84. The van der Waals surface area contributed by atoms with Crippen LogP contribution in [0.4, 0.5) is 11.4 Å². The van der Waals surface area contributed by atoms with Crippen LogP contribution in [0.2, 0.25) is 0 Å². The summed E-state index contributed by atoms with van der Waals surface area (Å²) in [6.45, 7) is 4.14. The highest BCUT2D eigenvalue weighted by Crippen LogP contribution is 2.30. The van der Waals surface area contributed by atoms with Gasteiger partial charge in [0, 0.05) is 20.8 Å². The number of aryl methyl sites for hydroxylation is 1. The van der Waals surface area contributed by atoms with Gasteiger partial charge < -0.3 is 10.1 Å². The average molecular weight is 432 g/mol. The molecule has 3 aromatic rings. The number of carbonyl (C=O) groups excluding carboxylic acids is 1. The molecule has 0 spiro atoms. The van der Waals surface area contributed by atoms with Gasteiger partial charge in [0.1, 0.15) is 5.56 Å². The van der Waals surface area contributed by atoms with E-state index >= 15 is 0 Å². The van der Waals surface area contributed by atoms with Gasteiger partial charge in [-0.05, 0) is 72.8 Å². The topological polar surface area (TPSA) is 51.2 Å². The monoisotopic (exact) mass is 432 g/mol. The van der Waals surface area contributed by atoms with Crippen LogP contribution >= 0.6 is 22.6 Å². The smallest absolute Gasteiger partial charge is 0.341 e. The third-order valence-corrected chi connectivity index (χ3v) is 4.35. The molecule has 0 aliphatic heterocycles. The molecule has 0 aliphatic carbocycles. The molecule has 0 saturated carbocycles. The van der Waals surface area contributed by atoms with Crippen molar-refractivity contribution in [2.75, 3.05) is 11.9 Å². The molecule has 1 heterocycles. The molecule has 122 valence electrons. The molecule has 0 unspecified atom stereocenters. The Bertz CT molecular complexity index is 892. The van der Waals surface area contributed by atoms with Gasteiger partial charge in [0.25, 0.3) is 0 Å². The summed E-state index contributed by atoms with van der Waals surface area (Å²) < 4.78 is 6.34. The molecule has 0 fully saturated rings. The molecule has 3 rings (SSSR count). The number of aromatic nitrogens is 1. The Hall–Kier alpha value is -2.15. The summed E-state index contributed by atoms with van der Waals surface area (Å²) in [4.78, 5) is 16.7. The maximum Gasteiger partial charge on any atom is 0.341 e. The van der Waals surface area contributed by atoms with Crippen molar-refractivity contribution >= 4 is 50.8 Å². The Labute approximate surface area is 154 Å². The summed E-state index contributed by atoms with van der Waals surface area (Å²) in [5.74, 6) is -0.374. The number of nitrogens with one attached hydrogen (secondary N) is 1. The number of rotatable bonds is 4. The standard InChI is InChI=1S/C19H17IN2O2/c1-3-24-19(23)16-11-21-17-9-4-12(2)10-15(17)18(16)22-14-7-5-13(20)6-8-14/h4-11H,3H2,1-2H3,(H,21,22). The van der Waals surface area contributed by atoms with Crippen LogP contribution in [0.3, 0.4) is 0 Å². The minimum atomic E-state index is -0.374. The molecular formula is C19H17IN2O2. The van der Waals surface area contributed by atoms with Crippen molar-refractivity contribution in [1.29, 1.82) is 0 Å². The lowest BCUT2D eigenvalue weighted by Crippen LogP contribution is -2.09. The van der Waals surface area contributed by atoms with Crippen LogP contribution in [0, 0.1) is 10.5 Å². The molecule has 4 nitrogen and oxygen atoms in total. The van der Waals surface area contributed by atoms with Crippen LogP contribution in [-0.4, -0.2) is 17.6 Å². The van der Waals surface area contributed by atoms with E-state index in [4.69, 9.17) is 4.74 Å². The van der Waals surface area contributed by atoms with Gasteiger partial charge in [0.15, 0.2) is 0 Å². The van der Waals surface area contributed by atoms with E-state index in [1.807, 2.05) is 49.4 Å². The van der Waals surface area contributed by atoms with Crippen LogP contribution in [0.5, 0.6) is 0 Å². The van der Waals surface area contributed by atoms with Gasteiger partial charge in [0.05, 0.1) is 17.8 Å². The third-order valence-electron chi connectivity index (χ3n) is 3.63. The number of carbonyl (C=O) groups is 1. The zero-order valence-corrected chi connectivity index (χ0v) is 15.6. The highest BCUT2D eigenvalue weighted by atomic mass is 127. The second-order valence-corrected chi connectivity index (χ2v) is 6.67. The zero-order valence-electron chi connectivity index (χ0n) is 13.5.